The van der Waals surface area contributed by atoms with Crippen molar-refractivity contribution in [2.75, 3.05) is 13.2 Å². The molecule has 0 aliphatic rings. The van der Waals surface area contributed by atoms with E-state index in [4.69, 9.17) is 9.84 Å². The lowest BCUT2D eigenvalue weighted by molar-refractivity contribution is 0.113. The van der Waals surface area contributed by atoms with Crippen LogP contribution in [0.5, 0.6) is 0 Å². The maximum Gasteiger partial charge on any atom is 0.0716 e. The lowest BCUT2D eigenvalue weighted by Gasteiger charge is -2.09. The van der Waals surface area contributed by atoms with Gasteiger partial charge in [0.25, 0.3) is 0 Å². The van der Waals surface area contributed by atoms with Crippen LogP contribution in [0.2, 0.25) is 0 Å². The predicted octanol–water partition coefficient (Wildman–Crippen LogP) is 3.00. The molecular weight excluding hydrogens is 200 g/mol. The monoisotopic (exact) mass is 222 g/mol. The van der Waals surface area contributed by atoms with E-state index in [-0.39, 0.29) is 0 Å². The van der Waals surface area contributed by atoms with Crippen molar-refractivity contribution in [3.8, 4) is 0 Å². The molecule has 0 saturated heterocycles. The molecule has 0 spiro atoms. The molecule has 0 aliphatic heterocycles. The Bertz CT molecular complexity index is 259. The van der Waals surface area contributed by atoms with Crippen LogP contribution in [-0.4, -0.2) is 18.3 Å². The Hall–Kier alpha value is -0.860. The second-order valence-electron chi connectivity index (χ2n) is 4.30. The van der Waals surface area contributed by atoms with Crippen molar-refractivity contribution in [3.05, 3.63) is 35.9 Å². The van der Waals surface area contributed by atoms with E-state index in [0.29, 0.717) is 19.1 Å². The Morgan fingerprint density at radius 2 is 1.94 bits per heavy atom. The molecule has 0 aromatic heterocycles. The van der Waals surface area contributed by atoms with Crippen molar-refractivity contribution in [1.82, 2.24) is 0 Å². The summed E-state index contributed by atoms with van der Waals surface area (Å²) in [6.45, 7) is 3.99. The minimum absolute atomic E-state index is 0.298. The van der Waals surface area contributed by atoms with Crippen molar-refractivity contribution >= 4 is 0 Å². The van der Waals surface area contributed by atoms with Gasteiger partial charge in [-0.15, -0.1) is 0 Å². The largest absolute Gasteiger partial charge is 0.396 e. The van der Waals surface area contributed by atoms with Gasteiger partial charge in [0.05, 0.1) is 6.61 Å². The van der Waals surface area contributed by atoms with Crippen molar-refractivity contribution in [2.45, 2.75) is 32.8 Å². The number of benzene rings is 1. The third-order valence-electron chi connectivity index (χ3n) is 2.72. The van der Waals surface area contributed by atoms with Crippen molar-refractivity contribution < 1.29 is 9.84 Å². The summed E-state index contributed by atoms with van der Waals surface area (Å²) in [4.78, 5) is 0. The van der Waals surface area contributed by atoms with Gasteiger partial charge in [0.2, 0.25) is 0 Å². The van der Waals surface area contributed by atoms with Crippen molar-refractivity contribution in [1.29, 1.82) is 0 Å². The molecule has 0 bridgehead atoms. The topological polar surface area (TPSA) is 29.5 Å². The first kappa shape index (κ1) is 13.2. The van der Waals surface area contributed by atoms with Gasteiger partial charge < -0.3 is 9.84 Å². The Morgan fingerprint density at radius 3 is 2.62 bits per heavy atom. The standard InChI is InChI=1S/C14H22O2/c1-13(9-10-15)6-5-11-16-12-14-7-3-2-4-8-14/h2-4,7-8,13,15H,5-6,9-12H2,1H3/t13-/m1/s1. The molecule has 1 aromatic rings. The smallest absolute Gasteiger partial charge is 0.0716 e. The first-order chi connectivity index (χ1) is 7.83. The molecule has 0 unspecified atom stereocenters. The van der Waals surface area contributed by atoms with Crippen LogP contribution in [0.25, 0.3) is 0 Å². The molecule has 0 radical (unpaired) electrons. The van der Waals surface area contributed by atoms with Gasteiger partial charge in [0.15, 0.2) is 0 Å². The fourth-order valence-corrected chi connectivity index (χ4v) is 1.66. The van der Waals surface area contributed by atoms with Gasteiger partial charge in [0.1, 0.15) is 0 Å². The second kappa shape index (κ2) is 8.31. The van der Waals surface area contributed by atoms with Crippen LogP contribution in [0.1, 0.15) is 31.7 Å². The van der Waals surface area contributed by atoms with E-state index in [1.165, 1.54) is 5.56 Å². The highest BCUT2D eigenvalue weighted by molar-refractivity contribution is 5.13. The van der Waals surface area contributed by atoms with Crippen LogP contribution >= 0.6 is 0 Å². The third-order valence-corrected chi connectivity index (χ3v) is 2.72. The zero-order valence-electron chi connectivity index (χ0n) is 10.1. The van der Waals surface area contributed by atoms with E-state index in [0.717, 1.165) is 25.9 Å². The van der Waals surface area contributed by atoms with Crippen LogP contribution in [0, 0.1) is 5.92 Å². The predicted molar refractivity (Wildman–Crippen MR) is 66.2 cm³/mol. The van der Waals surface area contributed by atoms with Gasteiger partial charge in [-0.3, -0.25) is 0 Å². The van der Waals surface area contributed by atoms with E-state index in [1.807, 2.05) is 18.2 Å². The van der Waals surface area contributed by atoms with Crippen LogP contribution in [0.4, 0.5) is 0 Å². The number of hydrogen-bond acceptors (Lipinski definition) is 2. The summed E-state index contributed by atoms with van der Waals surface area (Å²) in [5.74, 6) is 0.602. The Balaban J connectivity index is 2.00. The summed E-state index contributed by atoms with van der Waals surface area (Å²) in [6, 6.07) is 10.2. The van der Waals surface area contributed by atoms with Crippen LogP contribution in [0.3, 0.4) is 0 Å². The quantitative estimate of drug-likeness (QED) is 0.685. The zero-order valence-corrected chi connectivity index (χ0v) is 10.1. The van der Waals surface area contributed by atoms with Gasteiger partial charge in [-0.1, -0.05) is 37.3 Å². The summed E-state index contributed by atoms with van der Waals surface area (Å²) < 4.78 is 5.59. The van der Waals surface area contributed by atoms with Gasteiger partial charge in [-0.05, 0) is 30.7 Å². The number of hydrogen-bond donors (Lipinski definition) is 1. The third kappa shape index (κ3) is 5.89. The van der Waals surface area contributed by atoms with Crippen LogP contribution in [-0.2, 0) is 11.3 Å². The van der Waals surface area contributed by atoms with Gasteiger partial charge >= 0.3 is 0 Å². The first-order valence-corrected chi connectivity index (χ1v) is 6.05. The van der Waals surface area contributed by atoms with Crippen molar-refractivity contribution in [3.63, 3.8) is 0 Å². The highest BCUT2D eigenvalue weighted by atomic mass is 16.5. The highest BCUT2D eigenvalue weighted by Gasteiger charge is 2.00. The molecule has 0 amide bonds. The summed E-state index contributed by atoms with van der Waals surface area (Å²) in [5, 5.41) is 8.76. The van der Waals surface area contributed by atoms with E-state index < -0.39 is 0 Å². The van der Waals surface area contributed by atoms with Crippen molar-refractivity contribution in [2.24, 2.45) is 5.92 Å². The average Bonchev–Trinajstić information content (AvgIpc) is 2.30. The molecule has 0 heterocycles. The van der Waals surface area contributed by atoms with Gasteiger partial charge in [0, 0.05) is 13.2 Å². The fraction of sp³-hybridized carbons (Fsp3) is 0.571. The van der Waals surface area contributed by atoms with Gasteiger partial charge in [-0.25, -0.2) is 0 Å². The molecule has 0 saturated carbocycles. The number of aliphatic hydroxyl groups excluding tert-OH is 1. The summed E-state index contributed by atoms with van der Waals surface area (Å²) in [5.41, 5.74) is 1.23. The molecule has 0 fully saturated rings. The second-order valence-corrected chi connectivity index (χ2v) is 4.30. The molecule has 1 aromatic carbocycles. The Kier molecular flexibility index (Phi) is 6.86. The molecular formula is C14H22O2. The number of ether oxygens (including phenoxy) is 1. The van der Waals surface area contributed by atoms with E-state index in [9.17, 15) is 0 Å². The summed E-state index contributed by atoms with van der Waals surface area (Å²) in [7, 11) is 0. The molecule has 16 heavy (non-hydrogen) atoms. The average molecular weight is 222 g/mol. The fourth-order valence-electron chi connectivity index (χ4n) is 1.66. The van der Waals surface area contributed by atoms with E-state index in [1.54, 1.807) is 0 Å². The lowest BCUT2D eigenvalue weighted by atomic mass is 10.0. The summed E-state index contributed by atoms with van der Waals surface area (Å²) in [6.07, 6.45) is 3.11. The number of aliphatic hydroxyl groups is 1. The molecule has 2 nitrogen and oxygen atoms in total. The molecule has 0 aliphatic carbocycles. The Labute approximate surface area is 98.3 Å². The zero-order chi connectivity index (χ0) is 11.6. The first-order valence-electron chi connectivity index (χ1n) is 6.05. The molecule has 90 valence electrons. The molecule has 1 atom stereocenters. The van der Waals surface area contributed by atoms with E-state index in [2.05, 4.69) is 19.1 Å². The minimum Gasteiger partial charge on any atom is -0.396 e. The van der Waals surface area contributed by atoms with Crippen LogP contribution < -0.4 is 0 Å². The van der Waals surface area contributed by atoms with E-state index >= 15 is 0 Å². The van der Waals surface area contributed by atoms with Crippen LogP contribution in [0.15, 0.2) is 30.3 Å². The highest BCUT2D eigenvalue weighted by Crippen LogP contribution is 2.10. The summed E-state index contributed by atoms with van der Waals surface area (Å²) >= 11 is 0. The number of rotatable bonds is 8. The lowest BCUT2D eigenvalue weighted by Crippen LogP contribution is -2.01. The SMILES string of the molecule is C[C@@H](CCO)CCCOCc1ccccc1. The maximum atomic E-state index is 8.76. The maximum absolute atomic E-state index is 8.76. The molecule has 1 N–H and O–H groups in total. The minimum atomic E-state index is 0.298. The van der Waals surface area contributed by atoms with Gasteiger partial charge in [-0.2, -0.15) is 0 Å². The molecule has 2 heteroatoms. The normalized spacial score (nSPS) is 12.6. The molecule has 1 rings (SSSR count). The Morgan fingerprint density at radius 1 is 1.19 bits per heavy atom.